The molecule has 16 heavy (non-hydrogen) atoms. The molecule has 0 heterocycles. The minimum absolute atomic E-state index is 0.748. The van der Waals surface area contributed by atoms with Crippen molar-refractivity contribution in [1.82, 2.24) is 0 Å². The predicted octanol–water partition coefficient (Wildman–Crippen LogP) is 4.99. The Balaban J connectivity index is 1.93. The Hall–Kier alpha value is 0. The third-order valence-corrected chi connectivity index (χ3v) is 6.38. The lowest BCUT2D eigenvalue weighted by molar-refractivity contribution is -0.0903. The van der Waals surface area contributed by atoms with Crippen LogP contribution in [0, 0.1) is 28.6 Å². The Labute approximate surface area is 101 Å². The molecule has 91 valence electrons. The molecule has 0 aromatic carbocycles. The first-order valence-corrected chi connectivity index (χ1v) is 7.50. The van der Waals surface area contributed by atoms with E-state index in [9.17, 15) is 0 Å². The summed E-state index contributed by atoms with van der Waals surface area (Å²) in [5.41, 5.74) is 1.50. The lowest BCUT2D eigenvalue weighted by Crippen LogP contribution is -2.54. The van der Waals surface area contributed by atoms with Crippen molar-refractivity contribution in [2.24, 2.45) is 22.7 Å². The zero-order valence-corrected chi connectivity index (χ0v) is 11.3. The zero-order chi connectivity index (χ0) is 11.4. The minimum Gasteiger partial charge on any atom is -0.0651 e. The quantitative estimate of drug-likeness (QED) is 0.627. The SMILES string of the molecule is CCC1[C]2CC3(CC)CC1CC(CC)(C2)C3. The van der Waals surface area contributed by atoms with Crippen LogP contribution < -0.4 is 0 Å². The van der Waals surface area contributed by atoms with Crippen LogP contribution >= 0.6 is 0 Å². The molecule has 0 aromatic heterocycles. The van der Waals surface area contributed by atoms with Crippen molar-refractivity contribution in [3.63, 3.8) is 0 Å². The van der Waals surface area contributed by atoms with Gasteiger partial charge in [0, 0.05) is 0 Å². The van der Waals surface area contributed by atoms with Crippen molar-refractivity contribution in [2.75, 3.05) is 0 Å². The van der Waals surface area contributed by atoms with Gasteiger partial charge in [0.2, 0.25) is 0 Å². The molecule has 4 fully saturated rings. The standard InChI is InChI=1S/C16H27/c1-4-14-12-7-15(5-2)8-13(14)10-16(6-3,9-12)11-15/h12,14H,4-11H2,1-3H3. The van der Waals surface area contributed by atoms with Crippen LogP contribution in [0.1, 0.15) is 72.1 Å². The van der Waals surface area contributed by atoms with Gasteiger partial charge in [-0.15, -0.1) is 0 Å². The van der Waals surface area contributed by atoms with Gasteiger partial charge in [0.25, 0.3) is 0 Å². The molecule has 3 unspecified atom stereocenters. The van der Waals surface area contributed by atoms with E-state index in [0.717, 1.165) is 22.7 Å². The molecular weight excluding hydrogens is 192 g/mol. The summed E-state index contributed by atoms with van der Waals surface area (Å²) >= 11 is 0. The highest BCUT2D eigenvalue weighted by molar-refractivity contribution is 5.20. The van der Waals surface area contributed by atoms with E-state index < -0.39 is 0 Å². The predicted molar refractivity (Wildman–Crippen MR) is 69.0 cm³/mol. The monoisotopic (exact) mass is 219 g/mol. The summed E-state index contributed by atoms with van der Waals surface area (Å²) < 4.78 is 0. The molecule has 0 saturated heterocycles. The van der Waals surface area contributed by atoms with E-state index in [1.165, 1.54) is 32.1 Å². The zero-order valence-electron chi connectivity index (χ0n) is 11.3. The molecule has 0 spiro atoms. The maximum Gasteiger partial charge on any atom is -0.0196 e. The first kappa shape index (κ1) is 11.1. The first-order valence-electron chi connectivity index (χ1n) is 7.50. The molecule has 4 aliphatic carbocycles. The van der Waals surface area contributed by atoms with Crippen molar-refractivity contribution in [2.45, 2.75) is 72.1 Å². The Morgan fingerprint density at radius 1 is 1.00 bits per heavy atom. The van der Waals surface area contributed by atoms with Crippen LogP contribution in [-0.2, 0) is 0 Å². The highest BCUT2D eigenvalue weighted by Gasteiger charge is 2.59. The second kappa shape index (κ2) is 3.50. The molecule has 4 rings (SSSR count). The summed E-state index contributed by atoms with van der Waals surface area (Å²) in [4.78, 5) is 0. The number of hydrogen-bond acceptors (Lipinski definition) is 0. The molecular formula is C16H27. The molecule has 0 aromatic rings. The fourth-order valence-corrected chi connectivity index (χ4v) is 5.71. The highest BCUT2D eigenvalue weighted by atomic mass is 14.6. The van der Waals surface area contributed by atoms with E-state index in [2.05, 4.69) is 20.8 Å². The maximum absolute atomic E-state index is 2.44. The largest absolute Gasteiger partial charge is 0.0651 e. The van der Waals surface area contributed by atoms with Gasteiger partial charge in [-0.1, -0.05) is 40.0 Å². The topological polar surface area (TPSA) is 0 Å². The third-order valence-electron chi connectivity index (χ3n) is 6.38. The number of hydrogen-bond donors (Lipinski definition) is 0. The molecule has 1 radical (unpaired) electrons. The third kappa shape index (κ3) is 1.34. The van der Waals surface area contributed by atoms with E-state index >= 15 is 0 Å². The molecule has 4 saturated carbocycles. The second-order valence-electron chi connectivity index (χ2n) is 7.08. The van der Waals surface area contributed by atoms with E-state index in [1.54, 1.807) is 19.3 Å². The van der Waals surface area contributed by atoms with E-state index in [1.807, 2.05) is 5.92 Å². The Morgan fingerprint density at radius 2 is 1.56 bits per heavy atom. The molecule has 3 atom stereocenters. The minimum atomic E-state index is 0.748. The molecule has 0 heteroatoms. The maximum atomic E-state index is 2.44. The summed E-state index contributed by atoms with van der Waals surface area (Å²) in [6, 6.07) is 0. The molecule has 4 bridgehead atoms. The Bertz CT molecular complexity index is 240. The molecule has 4 aliphatic rings. The van der Waals surface area contributed by atoms with E-state index in [4.69, 9.17) is 0 Å². The fourth-order valence-electron chi connectivity index (χ4n) is 5.71. The summed E-state index contributed by atoms with van der Waals surface area (Å²) in [5.74, 6) is 4.07. The van der Waals surface area contributed by atoms with Crippen molar-refractivity contribution in [3.8, 4) is 0 Å². The lowest BCUT2D eigenvalue weighted by Gasteiger charge is -2.65. The van der Waals surface area contributed by atoms with Crippen molar-refractivity contribution in [1.29, 1.82) is 0 Å². The average molecular weight is 219 g/mol. The van der Waals surface area contributed by atoms with Crippen LogP contribution in [0.25, 0.3) is 0 Å². The smallest absolute Gasteiger partial charge is 0.0196 e. The van der Waals surface area contributed by atoms with Crippen LogP contribution in [-0.4, -0.2) is 0 Å². The molecule has 0 aliphatic heterocycles. The van der Waals surface area contributed by atoms with Crippen LogP contribution in [0.4, 0.5) is 0 Å². The normalized spacial score (nSPS) is 51.2. The Kier molecular flexibility index (Phi) is 2.43. The molecule has 0 N–H and O–H groups in total. The van der Waals surface area contributed by atoms with Crippen LogP contribution in [0.2, 0.25) is 0 Å². The summed E-state index contributed by atoms with van der Waals surface area (Å²) in [6.07, 6.45) is 12.0. The Morgan fingerprint density at radius 3 is 1.94 bits per heavy atom. The number of rotatable bonds is 3. The van der Waals surface area contributed by atoms with Gasteiger partial charge in [0.15, 0.2) is 0 Å². The fraction of sp³-hybridized carbons (Fsp3) is 0.938. The van der Waals surface area contributed by atoms with E-state index in [-0.39, 0.29) is 0 Å². The van der Waals surface area contributed by atoms with Crippen molar-refractivity contribution >= 4 is 0 Å². The summed E-state index contributed by atoms with van der Waals surface area (Å²) in [6.45, 7) is 7.30. The van der Waals surface area contributed by atoms with Gasteiger partial charge >= 0.3 is 0 Å². The average Bonchev–Trinajstić information content (AvgIpc) is 2.28. The van der Waals surface area contributed by atoms with Gasteiger partial charge in [-0.25, -0.2) is 0 Å². The van der Waals surface area contributed by atoms with Gasteiger partial charge in [0.1, 0.15) is 0 Å². The highest BCUT2D eigenvalue weighted by Crippen LogP contribution is 2.70. The van der Waals surface area contributed by atoms with Crippen LogP contribution in [0.5, 0.6) is 0 Å². The summed E-state index contributed by atoms with van der Waals surface area (Å²) in [7, 11) is 0. The second-order valence-corrected chi connectivity index (χ2v) is 7.08. The molecule has 0 nitrogen and oxygen atoms in total. The van der Waals surface area contributed by atoms with Crippen LogP contribution in [0.15, 0.2) is 0 Å². The first-order chi connectivity index (χ1) is 7.66. The van der Waals surface area contributed by atoms with Gasteiger partial charge in [-0.05, 0) is 60.7 Å². The van der Waals surface area contributed by atoms with Crippen molar-refractivity contribution in [3.05, 3.63) is 5.92 Å². The van der Waals surface area contributed by atoms with Crippen molar-refractivity contribution < 1.29 is 0 Å². The van der Waals surface area contributed by atoms with Crippen LogP contribution in [0.3, 0.4) is 0 Å². The van der Waals surface area contributed by atoms with Gasteiger partial charge in [-0.2, -0.15) is 0 Å². The van der Waals surface area contributed by atoms with Gasteiger partial charge < -0.3 is 0 Å². The molecule has 0 amide bonds. The van der Waals surface area contributed by atoms with Gasteiger partial charge in [0.05, 0.1) is 0 Å². The van der Waals surface area contributed by atoms with E-state index in [0.29, 0.717) is 0 Å². The lowest BCUT2D eigenvalue weighted by atomic mass is 9.40. The van der Waals surface area contributed by atoms with Gasteiger partial charge in [-0.3, -0.25) is 0 Å². The summed E-state index contributed by atoms with van der Waals surface area (Å²) in [5, 5.41) is 0.